The molecular weight excluding hydrogens is 526 g/mol. The van der Waals surface area contributed by atoms with Crippen molar-refractivity contribution in [3.63, 3.8) is 0 Å². The van der Waals surface area contributed by atoms with Crippen LogP contribution < -0.4 is 4.80 Å². The Bertz CT molecular complexity index is 1770. The molecule has 0 saturated carbocycles. The lowest BCUT2D eigenvalue weighted by Gasteiger charge is -2.08. The zero-order valence-corrected chi connectivity index (χ0v) is 21.6. The number of aromatic amines is 1. The van der Waals surface area contributed by atoms with E-state index in [1.54, 1.807) is 0 Å². The molecule has 0 aliphatic rings. The SMILES string of the molecule is CCc1nn(Cc2ccc(-c3ccccc3-c3nn[nH]n3)cc2)c(=NS(=O)(=O)c2ccccc2C(=O)O)s1. The number of nitrogens with zero attached hydrogens (tertiary/aromatic N) is 6. The number of benzene rings is 3. The minimum atomic E-state index is -4.29. The Hall–Kier alpha value is -4.49. The van der Waals surface area contributed by atoms with Crippen molar-refractivity contribution in [2.24, 2.45) is 4.40 Å². The van der Waals surface area contributed by atoms with E-state index >= 15 is 0 Å². The number of aryl methyl sites for hydroxylation is 1. The summed E-state index contributed by atoms with van der Waals surface area (Å²) in [5.41, 5.74) is 3.27. The Labute approximate surface area is 221 Å². The molecule has 38 heavy (non-hydrogen) atoms. The van der Waals surface area contributed by atoms with Gasteiger partial charge in [0.2, 0.25) is 10.6 Å². The van der Waals surface area contributed by atoms with Gasteiger partial charge in [-0.25, -0.2) is 9.48 Å². The van der Waals surface area contributed by atoms with Crippen molar-refractivity contribution >= 4 is 27.3 Å². The molecule has 3 aromatic carbocycles. The summed E-state index contributed by atoms with van der Waals surface area (Å²) in [6, 6.07) is 20.9. The third-order valence-electron chi connectivity index (χ3n) is 5.67. The predicted octanol–water partition coefficient (Wildman–Crippen LogP) is 3.39. The second-order valence-corrected chi connectivity index (χ2v) is 10.7. The van der Waals surface area contributed by atoms with Gasteiger partial charge in [0, 0.05) is 5.56 Å². The van der Waals surface area contributed by atoms with Crippen molar-refractivity contribution < 1.29 is 18.3 Å². The minimum absolute atomic E-state index is 0.161. The molecule has 0 bridgehead atoms. The highest BCUT2D eigenvalue weighted by Gasteiger charge is 2.22. The number of H-pyrrole nitrogens is 1. The van der Waals surface area contributed by atoms with Crippen LogP contribution >= 0.6 is 11.3 Å². The number of carboxylic acid groups (broad SMARTS) is 1. The first kappa shape index (κ1) is 25.2. The van der Waals surface area contributed by atoms with Crippen molar-refractivity contribution in [2.75, 3.05) is 0 Å². The topological polar surface area (TPSA) is 156 Å². The largest absolute Gasteiger partial charge is 0.478 e. The maximum atomic E-state index is 13.1. The Morgan fingerprint density at radius 2 is 1.74 bits per heavy atom. The summed E-state index contributed by atoms with van der Waals surface area (Å²) >= 11 is 1.15. The molecule has 5 rings (SSSR count). The minimum Gasteiger partial charge on any atom is -0.478 e. The Morgan fingerprint density at radius 1 is 1.03 bits per heavy atom. The molecule has 0 saturated heterocycles. The summed E-state index contributed by atoms with van der Waals surface area (Å²) < 4.78 is 31.7. The number of carboxylic acids is 1. The number of hydrogen-bond donors (Lipinski definition) is 2. The van der Waals surface area contributed by atoms with E-state index in [9.17, 15) is 18.3 Å². The van der Waals surface area contributed by atoms with Crippen molar-refractivity contribution in [1.82, 2.24) is 30.4 Å². The van der Waals surface area contributed by atoms with Crippen molar-refractivity contribution in [3.05, 3.63) is 93.7 Å². The second-order valence-electron chi connectivity index (χ2n) is 8.14. The monoisotopic (exact) mass is 547 g/mol. The summed E-state index contributed by atoms with van der Waals surface area (Å²) in [7, 11) is -4.29. The number of aromatic carboxylic acids is 1. The highest BCUT2D eigenvalue weighted by atomic mass is 32.2. The van der Waals surface area contributed by atoms with Gasteiger partial charge in [0.1, 0.15) is 9.90 Å². The van der Waals surface area contributed by atoms with Crippen LogP contribution in [0.5, 0.6) is 0 Å². The standard InChI is InChI=1S/C25H21N7O4S2/c1-2-22-28-32(25(37-22)29-38(35,36)21-10-6-5-9-20(21)24(33)34)15-16-11-13-17(14-12-16)18-7-3-4-8-19(18)23-26-30-31-27-23/h3-14H,2,15H2,1H3,(H,33,34)(H,26,27,30,31). The molecule has 0 radical (unpaired) electrons. The average Bonchev–Trinajstić information content (AvgIpc) is 3.59. The summed E-state index contributed by atoms with van der Waals surface area (Å²) in [5.74, 6) is -0.849. The van der Waals surface area contributed by atoms with E-state index in [4.69, 9.17) is 0 Å². The van der Waals surface area contributed by atoms with E-state index in [1.165, 1.54) is 28.9 Å². The zero-order chi connectivity index (χ0) is 26.7. The summed E-state index contributed by atoms with van der Waals surface area (Å²) in [4.78, 5) is 11.4. The highest BCUT2D eigenvalue weighted by molar-refractivity contribution is 7.90. The van der Waals surface area contributed by atoms with Gasteiger partial charge >= 0.3 is 5.97 Å². The van der Waals surface area contributed by atoms with Gasteiger partial charge in [-0.1, -0.05) is 78.9 Å². The maximum absolute atomic E-state index is 13.1. The van der Waals surface area contributed by atoms with Crippen LogP contribution in [0.2, 0.25) is 0 Å². The maximum Gasteiger partial charge on any atom is 0.337 e. The molecule has 2 heterocycles. The van der Waals surface area contributed by atoms with Gasteiger partial charge in [-0.15, -0.1) is 14.6 Å². The summed E-state index contributed by atoms with van der Waals surface area (Å²) in [6.07, 6.45) is 0.595. The number of sulfonamides is 1. The Kier molecular flexibility index (Phi) is 6.94. The van der Waals surface area contributed by atoms with Crippen LogP contribution in [0.3, 0.4) is 0 Å². The second kappa shape index (κ2) is 10.5. The number of tetrazole rings is 1. The van der Waals surface area contributed by atoms with Crippen LogP contribution in [0, 0.1) is 0 Å². The normalized spacial score (nSPS) is 12.1. The van der Waals surface area contributed by atoms with Gasteiger partial charge in [0.15, 0.2) is 0 Å². The first-order valence-electron chi connectivity index (χ1n) is 11.5. The van der Waals surface area contributed by atoms with Crippen LogP contribution in [0.15, 0.2) is 82.1 Å². The fraction of sp³-hybridized carbons (Fsp3) is 0.120. The lowest BCUT2D eigenvalue weighted by Crippen LogP contribution is -2.20. The summed E-state index contributed by atoms with van der Waals surface area (Å²) in [6.45, 7) is 2.19. The van der Waals surface area contributed by atoms with Crippen LogP contribution in [0.4, 0.5) is 0 Å². The number of nitrogens with one attached hydrogen (secondary N) is 1. The Balaban J connectivity index is 1.48. The molecule has 0 aliphatic heterocycles. The molecule has 192 valence electrons. The van der Waals surface area contributed by atoms with Crippen LogP contribution in [-0.4, -0.2) is 49.9 Å². The number of rotatable bonds is 8. The number of carbonyl (C=O) groups is 1. The van der Waals surface area contributed by atoms with Crippen molar-refractivity contribution in [1.29, 1.82) is 0 Å². The predicted molar refractivity (Wildman–Crippen MR) is 140 cm³/mol. The lowest BCUT2D eigenvalue weighted by atomic mass is 9.98. The van der Waals surface area contributed by atoms with Gasteiger partial charge < -0.3 is 5.11 Å². The van der Waals surface area contributed by atoms with Crippen molar-refractivity contribution in [2.45, 2.75) is 24.8 Å². The third kappa shape index (κ3) is 5.14. The number of aromatic nitrogens is 6. The fourth-order valence-electron chi connectivity index (χ4n) is 3.86. The molecule has 0 amide bonds. The van der Waals surface area contributed by atoms with E-state index in [2.05, 4.69) is 30.1 Å². The third-order valence-corrected chi connectivity index (χ3v) is 8.20. The molecule has 2 aromatic heterocycles. The quantitative estimate of drug-likeness (QED) is 0.299. The van der Waals surface area contributed by atoms with Crippen LogP contribution in [0.1, 0.15) is 27.9 Å². The smallest absolute Gasteiger partial charge is 0.337 e. The summed E-state index contributed by atoms with van der Waals surface area (Å²) in [5, 5.41) is 28.9. The first-order chi connectivity index (χ1) is 18.4. The van der Waals surface area contributed by atoms with E-state index in [0.717, 1.165) is 33.6 Å². The lowest BCUT2D eigenvalue weighted by molar-refractivity contribution is 0.0692. The molecule has 0 fully saturated rings. The molecule has 2 N–H and O–H groups in total. The highest BCUT2D eigenvalue weighted by Crippen LogP contribution is 2.29. The van der Waals surface area contributed by atoms with E-state index in [1.807, 2.05) is 55.5 Å². The van der Waals surface area contributed by atoms with E-state index in [0.29, 0.717) is 17.3 Å². The van der Waals surface area contributed by atoms with E-state index < -0.39 is 16.0 Å². The van der Waals surface area contributed by atoms with Crippen molar-refractivity contribution in [3.8, 4) is 22.5 Å². The van der Waals surface area contributed by atoms with Gasteiger partial charge in [-0.3, -0.25) is 0 Å². The fourth-order valence-corrected chi connectivity index (χ4v) is 6.09. The average molecular weight is 548 g/mol. The molecule has 0 spiro atoms. The molecule has 0 atom stereocenters. The molecule has 11 nitrogen and oxygen atoms in total. The first-order valence-corrected chi connectivity index (χ1v) is 13.7. The van der Waals surface area contributed by atoms with Gasteiger partial charge in [-0.2, -0.15) is 18.7 Å². The van der Waals surface area contributed by atoms with Gasteiger partial charge in [-0.05, 0) is 40.5 Å². The molecule has 5 aromatic rings. The molecule has 0 aliphatic carbocycles. The van der Waals surface area contributed by atoms with Crippen LogP contribution in [0.25, 0.3) is 22.5 Å². The molecule has 13 heteroatoms. The van der Waals surface area contributed by atoms with Gasteiger partial charge in [0.25, 0.3) is 10.0 Å². The molecular formula is C25H21N7O4S2. The van der Waals surface area contributed by atoms with Gasteiger partial charge in [0.05, 0.1) is 12.1 Å². The Morgan fingerprint density at radius 3 is 2.42 bits per heavy atom. The molecule has 0 unspecified atom stereocenters. The van der Waals surface area contributed by atoms with Crippen LogP contribution in [-0.2, 0) is 23.0 Å². The van der Waals surface area contributed by atoms with E-state index in [-0.39, 0.29) is 21.8 Å². The zero-order valence-electron chi connectivity index (χ0n) is 20.0. The number of hydrogen-bond acceptors (Lipinski definition) is 8.